The van der Waals surface area contributed by atoms with Crippen molar-refractivity contribution in [2.24, 2.45) is 11.7 Å². The number of carbonyl (C=O) groups excluding carboxylic acids is 1. The highest BCUT2D eigenvalue weighted by Crippen LogP contribution is 2.38. The van der Waals surface area contributed by atoms with E-state index in [9.17, 15) is 4.79 Å². The summed E-state index contributed by atoms with van der Waals surface area (Å²) in [4.78, 5) is 24.8. The number of hydrogen-bond donors (Lipinski definition) is 2. The van der Waals surface area contributed by atoms with Gasteiger partial charge in [-0.25, -0.2) is 14.8 Å². The van der Waals surface area contributed by atoms with Gasteiger partial charge in [0, 0.05) is 17.2 Å². The molecule has 0 aliphatic carbocycles. The predicted molar refractivity (Wildman–Crippen MR) is 102 cm³/mol. The fraction of sp³-hybridized carbons (Fsp3) is 0.200. The number of amides is 1. The van der Waals surface area contributed by atoms with Crippen LogP contribution in [-0.4, -0.2) is 21.0 Å². The van der Waals surface area contributed by atoms with Crippen molar-refractivity contribution in [2.75, 3.05) is 5.32 Å². The van der Waals surface area contributed by atoms with Crippen molar-refractivity contribution < 1.29 is 9.53 Å². The van der Waals surface area contributed by atoms with E-state index in [1.54, 1.807) is 0 Å². The Balaban J connectivity index is 2.09. The largest absolute Gasteiger partial charge is 0.430 e. The molecular formula is C20H21N5O2. The Labute approximate surface area is 157 Å². The monoisotopic (exact) mass is 363 g/mol. The third-order valence-corrected chi connectivity index (χ3v) is 4.21. The van der Waals surface area contributed by atoms with Gasteiger partial charge in [-0.05, 0) is 12.1 Å². The Hall–Kier alpha value is -3.48. The fourth-order valence-electron chi connectivity index (χ4n) is 2.97. The summed E-state index contributed by atoms with van der Waals surface area (Å²) in [5, 5.41) is 3.13. The van der Waals surface area contributed by atoms with Crippen molar-refractivity contribution in [3.63, 3.8) is 0 Å². The number of ether oxygens (including phenoxy) is 1. The van der Waals surface area contributed by atoms with Crippen LogP contribution in [0.15, 0.2) is 67.0 Å². The van der Waals surface area contributed by atoms with Crippen LogP contribution in [0.25, 0.3) is 0 Å². The molecule has 3 N–H and O–H groups in total. The number of nitrogens with zero attached hydrogens (tertiary/aromatic N) is 3. The lowest BCUT2D eigenvalue weighted by Crippen LogP contribution is -2.42. The first-order valence-corrected chi connectivity index (χ1v) is 8.58. The molecule has 7 heteroatoms. The Kier molecular flexibility index (Phi) is 5.30. The predicted octanol–water partition coefficient (Wildman–Crippen LogP) is 3.61. The Bertz CT molecular complexity index is 903. The molecule has 1 atom stereocenters. The van der Waals surface area contributed by atoms with E-state index in [1.165, 1.54) is 6.33 Å². The molecule has 0 saturated heterocycles. The molecule has 3 rings (SSSR count). The maximum atomic E-state index is 11.8. The summed E-state index contributed by atoms with van der Waals surface area (Å²) < 4.78 is 5.64. The van der Waals surface area contributed by atoms with Crippen molar-refractivity contribution >= 4 is 17.7 Å². The van der Waals surface area contributed by atoms with Crippen LogP contribution in [0, 0.1) is 5.92 Å². The molecule has 1 amide bonds. The maximum absolute atomic E-state index is 11.8. The molecule has 7 nitrogen and oxygen atoms in total. The van der Waals surface area contributed by atoms with Crippen molar-refractivity contribution in [1.82, 2.24) is 15.0 Å². The first kappa shape index (κ1) is 18.3. The fourth-order valence-corrected chi connectivity index (χ4v) is 2.97. The van der Waals surface area contributed by atoms with E-state index >= 15 is 0 Å². The van der Waals surface area contributed by atoms with Crippen LogP contribution in [-0.2, 0) is 10.3 Å². The van der Waals surface area contributed by atoms with Crippen LogP contribution in [0.3, 0.4) is 0 Å². The molecule has 0 radical (unpaired) electrons. The van der Waals surface area contributed by atoms with E-state index in [2.05, 4.69) is 20.3 Å². The average Bonchev–Trinajstić information content (AvgIpc) is 2.67. The molecule has 0 aliphatic heterocycles. The smallest absolute Gasteiger partial charge is 0.405 e. The van der Waals surface area contributed by atoms with E-state index in [0.29, 0.717) is 11.8 Å². The minimum Gasteiger partial charge on any atom is -0.430 e. The topological polar surface area (TPSA) is 103 Å². The first-order chi connectivity index (χ1) is 13.0. The van der Waals surface area contributed by atoms with Gasteiger partial charge in [0.05, 0.1) is 0 Å². The maximum Gasteiger partial charge on any atom is 0.405 e. The third-order valence-electron chi connectivity index (χ3n) is 4.21. The quantitative estimate of drug-likeness (QED) is 0.693. The van der Waals surface area contributed by atoms with Gasteiger partial charge in [-0.1, -0.05) is 62.4 Å². The van der Waals surface area contributed by atoms with E-state index in [1.807, 2.05) is 74.5 Å². The second-order valence-corrected chi connectivity index (χ2v) is 6.30. The lowest BCUT2D eigenvalue weighted by atomic mass is 9.82. The Morgan fingerprint density at radius 3 is 2.26 bits per heavy atom. The van der Waals surface area contributed by atoms with Crippen LogP contribution in [0.1, 0.15) is 25.2 Å². The summed E-state index contributed by atoms with van der Waals surface area (Å²) in [6, 6.07) is 18.9. The Morgan fingerprint density at radius 1 is 1.04 bits per heavy atom. The molecular weight excluding hydrogens is 342 g/mol. The van der Waals surface area contributed by atoms with Crippen molar-refractivity contribution in [3.05, 3.63) is 78.4 Å². The highest BCUT2D eigenvalue weighted by molar-refractivity contribution is 5.66. The standard InChI is InChI=1S/C20H21N5O2/c1-14(2)20(27-18(21)26,15-9-5-3-6-10-15)17-22-13-23-19(25-17)24-16-11-7-4-8-12-16/h3-14H,1-2H3,(H2,21,26)(H,22,23,24,25). The third kappa shape index (κ3) is 3.87. The van der Waals surface area contributed by atoms with Crippen LogP contribution < -0.4 is 11.1 Å². The van der Waals surface area contributed by atoms with Crippen LogP contribution in [0.5, 0.6) is 0 Å². The highest BCUT2D eigenvalue weighted by Gasteiger charge is 2.44. The van der Waals surface area contributed by atoms with E-state index in [-0.39, 0.29) is 5.92 Å². The van der Waals surface area contributed by atoms with Gasteiger partial charge in [0.15, 0.2) is 5.82 Å². The molecule has 3 aromatic rings. The molecule has 1 heterocycles. The number of rotatable bonds is 6. The summed E-state index contributed by atoms with van der Waals surface area (Å²) >= 11 is 0. The molecule has 1 aromatic heterocycles. The first-order valence-electron chi connectivity index (χ1n) is 8.58. The lowest BCUT2D eigenvalue weighted by Gasteiger charge is -2.35. The molecule has 0 saturated carbocycles. The second kappa shape index (κ2) is 7.82. The Morgan fingerprint density at radius 2 is 1.67 bits per heavy atom. The zero-order valence-corrected chi connectivity index (χ0v) is 15.2. The van der Waals surface area contributed by atoms with Gasteiger partial charge >= 0.3 is 6.09 Å². The molecule has 0 aliphatic rings. The zero-order chi connectivity index (χ0) is 19.3. The molecule has 138 valence electrons. The number of nitrogens with two attached hydrogens (primary N) is 1. The minimum atomic E-state index is -1.23. The number of para-hydroxylation sites is 1. The molecule has 27 heavy (non-hydrogen) atoms. The van der Waals surface area contributed by atoms with Gasteiger partial charge < -0.3 is 15.8 Å². The van der Waals surface area contributed by atoms with Crippen molar-refractivity contribution in [2.45, 2.75) is 19.4 Å². The summed E-state index contributed by atoms with van der Waals surface area (Å²) in [5.74, 6) is 0.468. The summed E-state index contributed by atoms with van der Waals surface area (Å²) in [6.45, 7) is 3.84. The molecule has 1 unspecified atom stereocenters. The number of primary amides is 1. The molecule has 0 bridgehead atoms. The molecule has 2 aromatic carbocycles. The number of hydrogen-bond acceptors (Lipinski definition) is 6. The number of benzene rings is 2. The number of anilines is 2. The molecule has 0 fully saturated rings. The van der Waals surface area contributed by atoms with Gasteiger partial charge in [-0.2, -0.15) is 4.98 Å². The minimum absolute atomic E-state index is 0.181. The van der Waals surface area contributed by atoms with Crippen LogP contribution >= 0.6 is 0 Å². The average molecular weight is 363 g/mol. The second-order valence-electron chi connectivity index (χ2n) is 6.30. The summed E-state index contributed by atoms with van der Waals surface area (Å²) in [6.07, 6.45) is 0.489. The SMILES string of the molecule is CC(C)C(OC(N)=O)(c1ccccc1)c1ncnc(Nc2ccccc2)n1. The number of carbonyl (C=O) groups is 1. The van der Waals surface area contributed by atoms with Gasteiger partial charge in [-0.3, -0.25) is 0 Å². The lowest BCUT2D eigenvalue weighted by molar-refractivity contribution is 0.00236. The van der Waals surface area contributed by atoms with Crippen molar-refractivity contribution in [1.29, 1.82) is 0 Å². The number of aromatic nitrogens is 3. The number of nitrogens with one attached hydrogen (secondary N) is 1. The van der Waals surface area contributed by atoms with Crippen LogP contribution in [0.4, 0.5) is 16.4 Å². The van der Waals surface area contributed by atoms with Crippen LogP contribution in [0.2, 0.25) is 0 Å². The van der Waals surface area contributed by atoms with Gasteiger partial charge in [0.1, 0.15) is 6.33 Å². The van der Waals surface area contributed by atoms with Gasteiger partial charge in [-0.15, -0.1) is 0 Å². The highest BCUT2D eigenvalue weighted by atomic mass is 16.6. The van der Waals surface area contributed by atoms with Gasteiger partial charge in [0.25, 0.3) is 0 Å². The van der Waals surface area contributed by atoms with E-state index in [0.717, 1.165) is 11.3 Å². The van der Waals surface area contributed by atoms with E-state index < -0.39 is 11.7 Å². The summed E-state index contributed by atoms with van der Waals surface area (Å²) in [5.41, 5.74) is 5.74. The summed E-state index contributed by atoms with van der Waals surface area (Å²) in [7, 11) is 0. The zero-order valence-electron chi connectivity index (χ0n) is 15.2. The van der Waals surface area contributed by atoms with E-state index in [4.69, 9.17) is 10.5 Å². The normalized spacial score (nSPS) is 13.0. The van der Waals surface area contributed by atoms with Gasteiger partial charge in [0.2, 0.25) is 11.5 Å². The van der Waals surface area contributed by atoms with Crippen molar-refractivity contribution in [3.8, 4) is 0 Å². The molecule has 0 spiro atoms.